The van der Waals surface area contributed by atoms with Gasteiger partial charge in [-0.1, -0.05) is 0 Å². The molecule has 0 aliphatic carbocycles. The van der Waals surface area contributed by atoms with E-state index in [0.717, 1.165) is 31.1 Å². The number of anilines is 1. The molecule has 4 heterocycles. The van der Waals surface area contributed by atoms with Crippen molar-refractivity contribution in [2.45, 2.75) is 18.9 Å². The van der Waals surface area contributed by atoms with E-state index in [0.29, 0.717) is 17.8 Å². The molecule has 2 unspecified atom stereocenters. The number of piperidine rings is 1. The van der Waals surface area contributed by atoms with Crippen LogP contribution in [0.15, 0.2) is 23.1 Å². The van der Waals surface area contributed by atoms with E-state index in [1.54, 1.807) is 6.20 Å². The Morgan fingerprint density at radius 1 is 1.33 bits per heavy atom. The van der Waals surface area contributed by atoms with E-state index in [4.69, 9.17) is 0 Å². The first-order chi connectivity index (χ1) is 10.3. The number of pyridine rings is 1. The maximum absolute atomic E-state index is 11.4. The molecule has 2 aromatic heterocycles. The molecular formula is C14H18N6O. The third-order valence-electron chi connectivity index (χ3n) is 4.40. The van der Waals surface area contributed by atoms with Gasteiger partial charge in [-0.15, -0.1) is 5.10 Å². The molecule has 7 heteroatoms. The Morgan fingerprint density at radius 3 is 3.14 bits per heavy atom. The van der Waals surface area contributed by atoms with Gasteiger partial charge in [0.25, 0.3) is 0 Å². The van der Waals surface area contributed by atoms with Crippen molar-refractivity contribution in [2.75, 3.05) is 24.5 Å². The molecule has 0 radical (unpaired) electrons. The molecule has 4 rings (SSSR count). The summed E-state index contributed by atoms with van der Waals surface area (Å²) in [6.07, 6.45) is 4.15. The topological polar surface area (TPSA) is 89.7 Å². The maximum Gasteiger partial charge on any atom is 0.248 e. The van der Waals surface area contributed by atoms with Crippen LogP contribution in [0.4, 0.5) is 5.95 Å². The van der Waals surface area contributed by atoms with Gasteiger partial charge >= 0.3 is 0 Å². The van der Waals surface area contributed by atoms with Crippen LogP contribution in [0, 0.1) is 5.92 Å². The molecule has 2 aliphatic rings. The smallest absolute Gasteiger partial charge is 0.248 e. The minimum Gasteiger partial charge on any atom is -0.338 e. The molecular weight excluding hydrogens is 268 g/mol. The maximum atomic E-state index is 11.4. The summed E-state index contributed by atoms with van der Waals surface area (Å²) in [5.41, 5.74) is 0.620. The fourth-order valence-corrected chi connectivity index (χ4v) is 3.33. The Labute approximate surface area is 121 Å². The number of rotatable bonds is 2. The zero-order chi connectivity index (χ0) is 14.2. The van der Waals surface area contributed by atoms with Gasteiger partial charge in [-0.25, -0.2) is 0 Å². The van der Waals surface area contributed by atoms with Crippen LogP contribution in [0.25, 0.3) is 11.4 Å². The average Bonchev–Trinajstić information content (AvgIpc) is 3.14. The zero-order valence-corrected chi connectivity index (χ0v) is 11.7. The highest BCUT2D eigenvalue weighted by Crippen LogP contribution is 2.27. The molecule has 2 aliphatic heterocycles. The van der Waals surface area contributed by atoms with E-state index in [-0.39, 0.29) is 5.56 Å². The molecule has 2 atom stereocenters. The summed E-state index contributed by atoms with van der Waals surface area (Å²) in [5.74, 6) is 2.06. The number of fused-ring (bicyclic) bond motifs is 1. The van der Waals surface area contributed by atoms with Crippen LogP contribution >= 0.6 is 0 Å². The Hall–Kier alpha value is -2.15. The minimum atomic E-state index is -0.137. The van der Waals surface area contributed by atoms with Crippen molar-refractivity contribution in [1.29, 1.82) is 0 Å². The van der Waals surface area contributed by atoms with Crippen LogP contribution in [0.1, 0.15) is 12.8 Å². The molecule has 0 bridgehead atoms. The molecule has 0 aromatic carbocycles. The SMILES string of the molecule is O=c1cc(-c2nc(N3CC4CCCNC4C3)n[nH]2)cc[nH]1. The molecule has 2 saturated heterocycles. The van der Waals surface area contributed by atoms with Gasteiger partial charge in [-0.2, -0.15) is 4.98 Å². The van der Waals surface area contributed by atoms with Crippen molar-refractivity contribution >= 4 is 5.95 Å². The first-order valence-electron chi connectivity index (χ1n) is 7.39. The van der Waals surface area contributed by atoms with E-state index < -0.39 is 0 Å². The molecule has 0 saturated carbocycles. The Balaban J connectivity index is 1.56. The van der Waals surface area contributed by atoms with Crippen molar-refractivity contribution in [1.82, 2.24) is 25.5 Å². The summed E-state index contributed by atoms with van der Waals surface area (Å²) in [7, 11) is 0. The lowest BCUT2D eigenvalue weighted by molar-refractivity contribution is 0.340. The average molecular weight is 286 g/mol. The molecule has 2 aromatic rings. The van der Waals surface area contributed by atoms with Gasteiger partial charge in [0.05, 0.1) is 0 Å². The summed E-state index contributed by atoms with van der Waals surface area (Å²) in [6.45, 7) is 3.07. The summed E-state index contributed by atoms with van der Waals surface area (Å²) in [4.78, 5) is 20.7. The molecule has 0 amide bonds. The van der Waals surface area contributed by atoms with E-state index >= 15 is 0 Å². The van der Waals surface area contributed by atoms with E-state index in [1.807, 2.05) is 6.07 Å². The largest absolute Gasteiger partial charge is 0.338 e. The van der Waals surface area contributed by atoms with Gasteiger partial charge in [0.15, 0.2) is 5.82 Å². The molecule has 2 fully saturated rings. The second-order valence-corrected chi connectivity index (χ2v) is 5.79. The monoisotopic (exact) mass is 286 g/mol. The fraction of sp³-hybridized carbons (Fsp3) is 0.500. The summed E-state index contributed by atoms with van der Waals surface area (Å²) < 4.78 is 0. The van der Waals surface area contributed by atoms with E-state index in [2.05, 4.69) is 30.4 Å². The highest BCUT2D eigenvalue weighted by molar-refractivity contribution is 5.55. The number of hydrogen-bond acceptors (Lipinski definition) is 5. The second-order valence-electron chi connectivity index (χ2n) is 5.79. The van der Waals surface area contributed by atoms with Crippen molar-refractivity contribution in [3.63, 3.8) is 0 Å². The quantitative estimate of drug-likeness (QED) is 0.741. The van der Waals surface area contributed by atoms with Crippen molar-refractivity contribution in [3.8, 4) is 11.4 Å². The molecule has 0 spiro atoms. The number of H-pyrrole nitrogens is 2. The molecule has 21 heavy (non-hydrogen) atoms. The summed E-state index contributed by atoms with van der Waals surface area (Å²) >= 11 is 0. The number of aromatic nitrogens is 4. The van der Waals surface area contributed by atoms with Crippen LogP contribution in [-0.4, -0.2) is 45.8 Å². The number of aromatic amines is 2. The van der Waals surface area contributed by atoms with Crippen LogP contribution in [0.3, 0.4) is 0 Å². The predicted octanol–water partition coefficient (Wildman–Crippen LogP) is 0.348. The standard InChI is InChI=1S/C14H18N6O/c21-12-6-9(3-5-16-12)13-17-14(19-18-13)20-7-10-2-1-4-15-11(10)8-20/h3,5-6,10-11,15H,1-2,4,7-8H2,(H,16,21)(H,17,18,19). The highest BCUT2D eigenvalue weighted by Gasteiger charge is 2.35. The number of nitrogens with zero attached hydrogens (tertiary/aromatic N) is 3. The fourth-order valence-electron chi connectivity index (χ4n) is 3.33. The van der Waals surface area contributed by atoms with Crippen molar-refractivity contribution < 1.29 is 0 Å². The van der Waals surface area contributed by atoms with Gasteiger partial charge in [-0.3, -0.25) is 9.89 Å². The van der Waals surface area contributed by atoms with E-state index in [1.165, 1.54) is 18.9 Å². The van der Waals surface area contributed by atoms with E-state index in [9.17, 15) is 4.79 Å². The Morgan fingerprint density at radius 2 is 2.29 bits per heavy atom. The number of nitrogens with one attached hydrogen (secondary N) is 3. The molecule has 3 N–H and O–H groups in total. The highest BCUT2D eigenvalue weighted by atomic mass is 16.1. The van der Waals surface area contributed by atoms with Gasteiger partial charge in [0.1, 0.15) is 0 Å². The number of hydrogen-bond donors (Lipinski definition) is 3. The lowest BCUT2D eigenvalue weighted by Crippen LogP contribution is -2.40. The summed E-state index contributed by atoms with van der Waals surface area (Å²) in [5, 5.41) is 10.8. The normalized spacial score (nSPS) is 25.0. The molecule has 110 valence electrons. The predicted molar refractivity (Wildman–Crippen MR) is 79.2 cm³/mol. The first kappa shape index (κ1) is 12.6. The van der Waals surface area contributed by atoms with Crippen molar-refractivity contribution in [3.05, 3.63) is 28.7 Å². The third-order valence-corrected chi connectivity index (χ3v) is 4.40. The van der Waals surface area contributed by atoms with Gasteiger partial charge in [-0.05, 0) is 31.4 Å². The zero-order valence-electron chi connectivity index (χ0n) is 11.7. The van der Waals surface area contributed by atoms with Crippen LogP contribution in [-0.2, 0) is 0 Å². The van der Waals surface area contributed by atoms with Gasteiger partial charge in [0.2, 0.25) is 11.5 Å². The lowest BCUT2D eigenvalue weighted by atomic mass is 9.94. The van der Waals surface area contributed by atoms with Gasteiger partial charge < -0.3 is 15.2 Å². The van der Waals surface area contributed by atoms with Crippen molar-refractivity contribution in [2.24, 2.45) is 5.92 Å². The van der Waals surface area contributed by atoms with Crippen LogP contribution in [0.5, 0.6) is 0 Å². The molecule has 7 nitrogen and oxygen atoms in total. The summed E-state index contributed by atoms with van der Waals surface area (Å²) in [6, 6.07) is 3.90. The van der Waals surface area contributed by atoms with Crippen LogP contribution < -0.4 is 15.8 Å². The Kier molecular flexibility index (Phi) is 2.99. The second kappa shape index (κ2) is 5.00. The van der Waals surface area contributed by atoms with Crippen LogP contribution in [0.2, 0.25) is 0 Å². The third kappa shape index (κ3) is 2.33. The lowest BCUT2D eigenvalue weighted by Gasteiger charge is -2.24. The first-order valence-corrected chi connectivity index (χ1v) is 7.39. The van der Waals surface area contributed by atoms with Gasteiger partial charge in [0, 0.05) is 37.0 Å². The minimum absolute atomic E-state index is 0.137. The Bertz CT molecular complexity index is 679.